The van der Waals surface area contributed by atoms with Crippen molar-refractivity contribution in [2.45, 2.75) is 32.2 Å². The molecule has 0 radical (unpaired) electrons. The maximum absolute atomic E-state index is 12.8. The summed E-state index contributed by atoms with van der Waals surface area (Å²) in [5.41, 5.74) is 4.28. The van der Waals surface area contributed by atoms with E-state index < -0.39 is 6.09 Å². The minimum atomic E-state index is -0.408. The van der Waals surface area contributed by atoms with Gasteiger partial charge >= 0.3 is 6.09 Å². The van der Waals surface area contributed by atoms with E-state index in [1.807, 2.05) is 55.5 Å². The van der Waals surface area contributed by atoms with Gasteiger partial charge in [-0.05, 0) is 73.2 Å². The summed E-state index contributed by atoms with van der Waals surface area (Å²) in [6.07, 6.45) is 4.73. The van der Waals surface area contributed by atoms with Crippen molar-refractivity contribution in [2.24, 2.45) is 11.0 Å². The van der Waals surface area contributed by atoms with Crippen LogP contribution < -0.4 is 9.47 Å². The predicted octanol–water partition coefficient (Wildman–Crippen LogP) is 5.46. The molecule has 0 aromatic heterocycles. The summed E-state index contributed by atoms with van der Waals surface area (Å²) in [4.78, 5) is 12.8. The number of hydrogen-bond donors (Lipinski definition) is 0. The lowest BCUT2D eigenvalue weighted by Crippen LogP contribution is -2.32. The Balaban J connectivity index is 1.69. The maximum Gasteiger partial charge on any atom is 0.430 e. The van der Waals surface area contributed by atoms with E-state index >= 15 is 0 Å². The number of amides is 1. The van der Waals surface area contributed by atoms with Crippen LogP contribution in [0.5, 0.6) is 11.5 Å². The number of hydrogen-bond acceptors (Lipinski definition) is 5. The van der Waals surface area contributed by atoms with Crippen LogP contribution in [-0.4, -0.2) is 37.6 Å². The molecule has 1 aliphatic carbocycles. The second kappa shape index (κ2) is 9.25. The molecule has 1 saturated carbocycles. The fourth-order valence-electron chi connectivity index (χ4n) is 4.38. The molecule has 0 saturated heterocycles. The zero-order chi connectivity index (χ0) is 21.8. The van der Waals surface area contributed by atoms with Gasteiger partial charge in [0.2, 0.25) is 0 Å². The summed E-state index contributed by atoms with van der Waals surface area (Å²) in [6, 6.07) is 15.7. The molecule has 2 aromatic carbocycles. The highest BCUT2D eigenvalue weighted by molar-refractivity contribution is 6.07. The topological polar surface area (TPSA) is 60.4 Å². The Morgan fingerprint density at radius 3 is 2.32 bits per heavy atom. The highest BCUT2D eigenvalue weighted by Crippen LogP contribution is 2.44. The smallest absolute Gasteiger partial charge is 0.430 e. The first-order valence-electron chi connectivity index (χ1n) is 10.7. The number of allylic oxidation sites excluding steroid dienone is 1. The van der Waals surface area contributed by atoms with Crippen molar-refractivity contribution in [3.8, 4) is 11.5 Å². The number of methoxy groups -OCH3 is 2. The van der Waals surface area contributed by atoms with Crippen molar-refractivity contribution in [1.82, 2.24) is 5.01 Å². The molecule has 0 spiro atoms. The number of benzene rings is 2. The van der Waals surface area contributed by atoms with Gasteiger partial charge in [-0.15, -0.1) is 0 Å². The van der Waals surface area contributed by atoms with Gasteiger partial charge in [0.1, 0.15) is 11.5 Å². The number of carbonyl (C=O) groups excluding carboxylic acids is 1. The summed E-state index contributed by atoms with van der Waals surface area (Å²) in [5, 5.41) is 6.32. The molecule has 162 valence electrons. The van der Waals surface area contributed by atoms with Crippen LogP contribution in [0.2, 0.25) is 0 Å². The van der Waals surface area contributed by atoms with E-state index in [0.717, 1.165) is 47.6 Å². The van der Waals surface area contributed by atoms with Crippen molar-refractivity contribution < 1.29 is 19.0 Å². The SMILES string of the molecule is CCOC(=O)N1N=C2/C(=C/c3ccc(OC)cc3)CCC[C@@H]2[C@H]1c1ccc(OC)cc1. The maximum atomic E-state index is 12.8. The van der Waals surface area contributed by atoms with Gasteiger partial charge in [0.05, 0.1) is 32.6 Å². The van der Waals surface area contributed by atoms with Crippen LogP contribution in [-0.2, 0) is 4.74 Å². The molecule has 4 rings (SSSR count). The molecule has 1 fully saturated rings. The highest BCUT2D eigenvalue weighted by atomic mass is 16.6. The molecule has 2 aliphatic rings. The highest BCUT2D eigenvalue weighted by Gasteiger charge is 2.44. The molecular formula is C25H28N2O4. The molecule has 0 bridgehead atoms. The van der Waals surface area contributed by atoms with Gasteiger partial charge < -0.3 is 14.2 Å². The zero-order valence-corrected chi connectivity index (χ0v) is 18.2. The van der Waals surface area contributed by atoms with Crippen molar-refractivity contribution in [3.63, 3.8) is 0 Å². The third-order valence-electron chi connectivity index (χ3n) is 5.87. The second-order valence-corrected chi connectivity index (χ2v) is 7.69. The van der Waals surface area contributed by atoms with Gasteiger partial charge in [0, 0.05) is 5.92 Å². The van der Waals surface area contributed by atoms with Gasteiger partial charge in [0.15, 0.2) is 0 Å². The number of fused-ring (bicyclic) bond motifs is 1. The standard InChI is InChI=1S/C25H28N2O4/c1-4-31-25(28)27-24(18-10-14-21(30-3)15-11-18)22-7-5-6-19(23(22)26-27)16-17-8-12-20(29-2)13-9-17/h8-16,22,24H,4-7H2,1-3H3/b19-16+/t22-,24+/m0/s1. The normalized spacial score (nSPS) is 21.5. The van der Waals surface area contributed by atoms with Gasteiger partial charge in [-0.3, -0.25) is 0 Å². The van der Waals surface area contributed by atoms with Crippen molar-refractivity contribution in [2.75, 3.05) is 20.8 Å². The molecule has 1 aliphatic heterocycles. The first-order chi connectivity index (χ1) is 15.1. The number of carbonyl (C=O) groups is 1. The van der Waals surface area contributed by atoms with E-state index in [2.05, 4.69) is 6.08 Å². The van der Waals surface area contributed by atoms with E-state index in [1.54, 1.807) is 14.2 Å². The quantitative estimate of drug-likeness (QED) is 0.645. The Labute approximate surface area is 183 Å². The number of ether oxygens (including phenoxy) is 3. The van der Waals surface area contributed by atoms with E-state index in [4.69, 9.17) is 19.3 Å². The van der Waals surface area contributed by atoms with Crippen LogP contribution >= 0.6 is 0 Å². The summed E-state index contributed by atoms with van der Waals surface area (Å²) >= 11 is 0. The molecule has 6 heteroatoms. The van der Waals surface area contributed by atoms with Crippen molar-refractivity contribution in [1.29, 1.82) is 0 Å². The summed E-state index contributed by atoms with van der Waals surface area (Å²) in [7, 11) is 3.31. The van der Waals surface area contributed by atoms with E-state index in [1.165, 1.54) is 10.6 Å². The third kappa shape index (κ3) is 4.29. The average Bonchev–Trinajstić information content (AvgIpc) is 3.20. The Morgan fingerprint density at radius 2 is 1.71 bits per heavy atom. The van der Waals surface area contributed by atoms with Gasteiger partial charge in [-0.25, -0.2) is 4.79 Å². The summed E-state index contributed by atoms with van der Waals surface area (Å²) in [5.74, 6) is 1.75. The second-order valence-electron chi connectivity index (χ2n) is 7.69. The Hall–Kier alpha value is -3.28. The van der Waals surface area contributed by atoms with Crippen LogP contribution in [0, 0.1) is 5.92 Å². The molecule has 6 nitrogen and oxygen atoms in total. The van der Waals surface area contributed by atoms with E-state index in [9.17, 15) is 4.79 Å². The van der Waals surface area contributed by atoms with E-state index in [0.29, 0.717) is 6.61 Å². The fraction of sp³-hybridized carbons (Fsp3) is 0.360. The average molecular weight is 421 g/mol. The van der Waals surface area contributed by atoms with Gasteiger partial charge in [-0.2, -0.15) is 10.1 Å². The Morgan fingerprint density at radius 1 is 1.06 bits per heavy atom. The molecular weight excluding hydrogens is 392 g/mol. The lowest BCUT2D eigenvalue weighted by molar-refractivity contribution is 0.0907. The lowest BCUT2D eigenvalue weighted by Gasteiger charge is -2.29. The van der Waals surface area contributed by atoms with Crippen LogP contribution in [0.25, 0.3) is 6.08 Å². The molecule has 0 unspecified atom stereocenters. The minimum Gasteiger partial charge on any atom is -0.497 e. The molecule has 1 heterocycles. The monoisotopic (exact) mass is 420 g/mol. The molecule has 2 aromatic rings. The zero-order valence-electron chi connectivity index (χ0n) is 18.2. The van der Waals surface area contributed by atoms with Crippen LogP contribution in [0.4, 0.5) is 4.79 Å². The predicted molar refractivity (Wildman–Crippen MR) is 120 cm³/mol. The molecule has 2 atom stereocenters. The summed E-state index contributed by atoms with van der Waals surface area (Å²) in [6.45, 7) is 2.13. The van der Waals surface area contributed by atoms with Gasteiger partial charge in [-0.1, -0.05) is 24.3 Å². The number of hydrazone groups is 1. The van der Waals surface area contributed by atoms with Crippen molar-refractivity contribution >= 4 is 17.9 Å². The largest absolute Gasteiger partial charge is 0.497 e. The summed E-state index contributed by atoms with van der Waals surface area (Å²) < 4.78 is 15.9. The molecule has 31 heavy (non-hydrogen) atoms. The minimum absolute atomic E-state index is 0.135. The van der Waals surface area contributed by atoms with Gasteiger partial charge in [0.25, 0.3) is 0 Å². The van der Waals surface area contributed by atoms with Crippen LogP contribution in [0.3, 0.4) is 0 Å². The number of nitrogens with zero attached hydrogens (tertiary/aromatic N) is 2. The first-order valence-corrected chi connectivity index (χ1v) is 10.7. The van der Waals surface area contributed by atoms with Crippen LogP contribution in [0.1, 0.15) is 43.4 Å². The first kappa shape index (κ1) is 21.0. The fourth-order valence-corrected chi connectivity index (χ4v) is 4.38. The molecule has 1 amide bonds. The molecule has 0 N–H and O–H groups in total. The Kier molecular flexibility index (Phi) is 6.26. The Bertz CT molecular complexity index is 980. The lowest BCUT2D eigenvalue weighted by atomic mass is 9.77. The van der Waals surface area contributed by atoms with Crippen LogP contribution in [0.15, 0.2) is 59.2 Å². The number of rotatable bonds is 5. The van der Waals surface area contributed by atoms with E-state index in [-0.39, 0.29) is 12.0 Å². The third-order valence-corrected chi connectivity index (χ3v) is 5.87. The van der Waals surface area contributed by atoms with Crippen molar-refractivity contribution in [3.05, 3.63) is 65.2 Å².